The molecule has 2 rings (SSSR count). The summed E-state index contributed by atoms with van der Waals surface area (Å²) in [7, 11) is 0. The highest BCUT2D eigenvalue weighted by atomic mass is 32.1. The van der Waals surface area contributed by atoms with Gasteiger partial charge in [-0.25, -0.2) is 4.79 Å². The first-order valence-corrected chi connectivity index (χ1v) is 7.13. The summed E-state index contributed by atoms with van der Waals surface area (Å²) in [6, 6.07) is 1.57. The molecule has 1 aromatic rings. The number of carboxylic acids is 1. The molecule has 5 nitrogen and oxygen atoms in total. The molecule has 19 heavy (non-hydrogen) atoms. The molecule has 6 heteroatoms. The third-order valence-corrected chi connectivity index (χ3v) is 3.99. The molecule has 0 spiro atoms. The van der Waals surface area contributed by atoms with Gasteiger partial charge < -0.3 is 15.2 Å². The van der Waals surface area contributed by atoms with Gasteiger partial charge in [0.15, 0.2) is 0 Å². The van der Waals surface area contributed by atoms with Crippen molar-refractivity contribution in [2.45, 2.75) is 38.7 Å². The van der Waals surface area contributed by atoms with Crippen molar-refractivity contribution in [3.05, 3.63) is 16.5 Å². The quantitative estimate of drug-likeness (QED) is 0.890. The second-order valence-electron chi connectivity index (χ2n) is 4.65. The Morgan fingerprint density at radius 2 is 2.32 bits per heavy atom. The number of ether oxygens (including phenoxy) is 1. The molecule has 0 aromatic carbocycles. The number of aromatic carboxylic acids is 1. The molecule has 0 bridgehead atoms. The maximum Gasteiger partial charge on any atom is 0.338 e. The smallest absolute Gasteiger partial charge is 0.338 e. The van der Waals surface area contributed by atoms with Gasteiger partial charge >= 0.3 is 5.97 Å². The molecule has 1 amide bonds. The van der Waals surface area contributed by atoms with Crippen LogP contribution in [0.1, 0.15) is 40.9 Å². The van der Waals surface area contributed by atoms with Crippen molar-refractivity contribution in [3.63, 3.8) is 0 Å². The number of aryl methyl sites for hydroxylation is 1. The summed E-state index contributed by atoms with van der Waals surface area (Å²) in [5, 5.41) is 12.1. The van der Waals surface area contributed by atoms with Gasteiger partial charge in [-0.15, -0.1) is 11.3 Å². The van der Waals surface area contributed by atoms with Crippen LogP contribution >= 0.6 is 11.3 Å². The van der Waals surface area contributed by atoms with Crippen LogP contribution in [0.3, 0.4) is 0 Å². The lowest BCUT2D eigenvalue weighted by molar-refractivity contribution is -0.119. The zero-order valence-corrected chi connectivity index (χ0v) is 11.6. The number of thiophene rings is 1. The van der Waals surface area contributed by atoms with Crippen LogP contribution in [-0.4, -0.2) is 29.7 Å². The fourth-order valence-electron chi connectivity index (χ4n) is 2.12. The molecule has 0 aliphatic carbocycles. The average molecular weight is 283 g/mol. The zero-order chi connectivity index (χ0) is 13.8. The predicted molar refractivity (Wildman–Crippen MR) is 72.9 cm³/mol. The zero-order valence-electron chi connectivity index (χ0n) is 10.8. The van der Waals surface area contributed by atoms with Crippen LogP contribution in [0, 0.1) is 6.92 Å². The van der Waals surface area contributed by atoms with Crippen LogP contribution in [0.15, 0.2) is 6.07 Å². The van der Waals surface area contributed by atoms with Crippen molar-refractivity contribution in [3.8, 4) is 0 Å². The molecule has 1 aromatic heterocycles. The molecule has 2 heterocycles. The van der Waals surface area contributed by atoms with E-state index in [-0.39, 0.29) is 24.0 Å². The van der Waals surface area contributed by atoms with Crippen molar-refractivity contribution in [1.29, 1.82) is 0 Å². The number of carboxylic acid groups (broad SMARTS) is 1. The van der Waals surface area contributed by atoms with Crippen LogP contribution in [0.25, 0.3) is 0 Å². The Labute approximate surface area is 115 Å². The van der Waals surface area contributed by atoms with Crippen LogP contribution in [0.4, 0.5) is 5.00 Å². The molecule has 104 valence electrons. The molecule has 0 radical (unpaired) electrons. The maximum atomic E-state index is 11.9. The van der Waals surface area contributed by atoms with Crippen LogP contribution in [-0.2, 0) is 9.53 Å². The van der Waals surface area contributed by atoms with E-state index >= 15 is 0 Å². The summed E-state index contributed by atoms with van der Waals surface area (Å²) in [5.41, 5.74) is 0.153. The Bertz CT molecular complexity index is 477. The van der Waals surface area contributed by atoms with Crippen LogP contribution in [0.5, 0.6) is 0 Å². The van der Waals surface area contributed by atoms with E-state index in [0.717, 1.165) is 24.1 Å². The van der Waals surface area contributed by atoms with Gasteiger partial charge in [-0.3, -0.25) is 4.79 Å². The van der Waals surface area contributed by atoms with Crippen molar-refractivity contribution < 1.29 is 19.4 Å². The number of hydrogen-bond donors (Lipinski definition) is 2. The molecular formula is C13H17NO4S. The number of nitrogens with one attached hydrogen (secondary N) is 1. The molecule has 1 unspecified atom stereocenters. The van der Waals surface area contributed by atoms with Gasteiger partial charge in [-0.2, -0.15) is 0 Å². The average Bonchev–Trinajstić information content (AvgIpc) is 2.71. The van der Waals surface area contributed by atoms with Crippen LogP contribution < -0.4 is 5.32 Å². The molecule has 0 saturated carbocycles. The Morgan fingerprint density at radius 3 is 2.95 bits per heavy atom. The Hall–Kier alpha value is -1.40. The Morgan fingerprint density at radius 1 is 1.53 bits per heavy atom. The third-order valence-electron chi connectivity index (χ3n) is 3.03. The van der Waals surface area contributed by atoms with E-state index in [0.29, 0.717) is 11.6 Å². The lowest BCUT2D eigenvalue weighted by Crippen LogP contribution is -2.25. The van der Waals surface area contributed by atoms with E-state index in [1.165, 1.54) is 11.3 Å². The molecule has 2 N–H and O–H groups in total. The van der Waals surface area contributed by atoms with E-state index in [2.05, 4.69) is 5.32 Å². The van der Waals surface area contributed by atoms with E-state index in [4.69, 9.17) is 9.84 Å². The number of carbonyl (C=O) groups is 2. The fourth-order valence-corrected chi connectivity index (χ4v) is 3.04. The summed E-state index contributed by atoms with van der Waals surface area (Å²) < 4.78 is 5.50. The predicted octanol–water partition coefficient (Wildman–Crippen LogP) is 2.65. The summed E-state index contributed by atoms with van der Waals surface area (Å²) in [4.78, 5) is 23.8. The SMILES string of the molecule is Cc1cc(C(=O)O)c(NC(=O)CC2CCCCO2)s1. The van der Waals surface area contributed by atoms with Crippen molar-refractivity contribution >= 4 is 28.2 Å². The van der Waals surface area contributed by atoms with Gasteiger partial charge in [0.05, 0.1) is 18.1 Å². The minimum atomic E-state index is -1.02. The van der Waals surface area contributed by atoms with E-state index in [9.17, 15) is 9.59 Å². The van der Waals surface area contributed by atoms with Gasteiger partial charge in [-0.05, 0) is 32.3 Å². The first kappa shape index (κ1) is 14.0. The Balaban J connectivity index is 1.96. The number of rotatable bonds is 4. The van der Waals surface area contributed by atoms with Gasteiger partial charge in [0.1, 0.15) is 5.00 Å². The minimum Gasteiger partial charge on any atom is -0.478 e. The normalized spacial score (nSPS) is 19.1. The fraction of sp³-hybridized carbons (Fsp3) is 0.538. The van der Waals surface area contributed by atoms with Gasteiger partial charge in [0, 0.05) is 11.5 Å². The minimum absolute atomic E-state index is 0.0388. The molecule has 1 fully saturated rings. The number of amides is 1. The van der Waals surface area contributed by atoms with E-state index < -0.39 is 5.97 Å². The topological polar surface area (TPSA) is 75.6 Å². The van der Waals surface area contributed by atoms with Crippen molar-refractivity contribution in [1.82, 2.24) is 0 Å². The summed E-state index contributed by atoms with van der Waals surface area (Å²) in [6.07, 6.45) is 3.27. The highest BCUT2D eigenvalue weighted by Gasteiger charge is 2.20. The second kappa shape index (κ2) is 6.16. The summed E-state index contributed by atoms with van der Waals surface area (Å²) >= 11 is 1.28. The van der Waals surface area contributed by atoms with Gasteiger partial charge in [-0.1, -0.05) is 0 Å². The lowest BCUT2D eigenvalue weighted by Gasteiger charge is -2.21. The highest BCUT2D eigenvalue weighted by molar-refractivity contribution is 7.16. The first-order chi connectivity index (χ1) is 9.06. The number of carbonyl (C=O) groups excluding carboxylic acids is 1. The third kappa shape index (κ3) is 3.78. The highest BCUT2D eigenvalue weighted by Crippen LogP contribution is 2.28. The first-order valence-electron chi connectivity index (χ1n) is 6.31. The molecule has 1 aliphatic heterocycles. The summed E-state index contributed by atoms with van der Waals surface area (Å²) in [6.45, 7) is 2.52. The second-order valence-corrected chi connectivity index (χ2v) is 5.90. The number of hydrogen-bond acceptors (Lipinski definition) is 4. The van der Waals surface area contributed by atoms with Crippen molar-refractivity contribution in [2.24, 2.45) is 0 Å². The molecule has 1 saturated heterocycles. The molecule has 1 atom stereocenters. The largest absolute Gasteiger partial charge is 0.478 e. The van der Waals surface area contributed by atoms with E-state index in [1.807, 2.05) is 6.92 Å². The van der Waals surface area contributed by atoms with Gasteiger partial charge in [0.2, 0.25) is 5.91 Å². The number of anilines is 1. The summed E-state index contributed by atoms with van der Waals surface area (Å²) in [5.74, 6) is -1.20. The van der Waals surface area contributed by atoms with E-state index in [1.54, 1.807) is 6.07 Å². The lowest BCUT2D eigenvalue weighted by atomic mass is 10.1. The van der Waals surface area contributed by atoms with Crippen molar-refractivity contribution in [2.75, 3.05) is 11.9 Å². The molecule has 1 aliphatic rings. The van der Waals surface area contributed by atoms with Crippen LogP contribution in [0.2, 0.25) is 0 Å². The van der Waals surface area contributed by atoms with Gasteiger partial charge in [0.25, 0.3) is 0 Å². The monoisotopic (exact) mass is 283 g/mol. The maximum absolute atomic E-state index is 11.9. The Kier molecular flexibility index (Phi) is 4.55. The standard InChI is InChI=1S/C13H17NO4S/c1-8-6-10(13(16)17)12(19-8)14-11(15)7-9-4-2-3-5-18-9/h6,9H,2-5,7H2,1H3,(H,14,15)(H,16,17). The molecular weight excluding hydrogens is 266 g/mol.